The minimum atomic E-state index is -1.02. The predicted molar refractivity (Wildman–Crippen MR) is 73.2 cm³/mol. The molecule has 0 bridgehead atoms. The van der Waals surface area contributed by atoms with Gasteiger partial charge in [0.25, 0.3) is 0 Å². The van der Waals surface area contributed by atoms with Crippen molar-refractivity contribution in [2.75, 3.05) is 13.7 Å². The monoisotopic (exact) mass is 280 g/mol. The highest BCUT2D eigenvalue weighted by Crippen LogP contribution is 2.02. The average Bonchev–Trinajstić information content (AvgIpc) is 2.45. The number of carboxylic acids is 1. The Bertz CT molecular complexity index is 422. The van der Waals surface area contributed by atoms with Gasteiger partial charge in [-0.3, -0.25) is 9.78 Å². The number of carboxylic acid groups (broad SMARTS) is 1. The molecule has 1 unspecified atom stereocenters. The van der Waals surface area contributed by atoms with E-state index in [1.165, 1.54) is 0 Å². The third kappa shape index (κ3) is 6.29. The van der Waals surface area contributed by atoms with Gasteiger partial charge in [-0.25, -0.2) is 4.79 Å². The van der Waals surface area contributed by atoms with Gasteiger partial charge in [0.2, 0.25) is 5.91 Å². The second-order valence-electron chi connectivity index (χ2n) is 4.41. The lowest BCUT2D eigenvalue weighted by Gasteiger charge is -2.14. The number of rotatable bonds is 9. The van der Waals surface area contributed by atoms with Crippen LogP contribution in [-0.4, -0.2) is 41.7 Å². The van der Waals surface area contributed by atoms with E-state index in [4.69, 9.17) is 9.84 Å². The van der Waals surface area contributed by atoms with Crippen molar-refractivity contribution in [3.8, 4) is 0 Å². The quantitative estimate of drug-likeness (QED) is 0.659. The SMILES string of the molecule is COCCCC(NC(=O)CCc1ccccn1)C(=O)O. The minimum absolute atomic E-state index is 0.227. The van der Waals surface area contributed by atoms with Gasteiger partial charge in [0, 0.05) is 32.0 Å². The molecule has 0 spiro atoms. The van der Waals surface area contributed by atoms with E-state index in [0.29, 0.717) is 25.9 Å². The average molecular weight is 280 g/mol. The largest absolute Gasteiger partial charge is 0.480 e. The molecule has 1 aromatic rings. The number of carbonyl (C=O) groups excluding carboxylic acids is 1. The second-order valence-corrected chi connectivity index (χ2v) is 4.41. The first-order chi connectivity index (χ1) is 9.63. The normalized spacial score (nSPS) is 11.8. The molecule has 20 heavy (non-hydrogen) atoms. The first kappa shape index (κ1) is 16.1. The maximum Gasteiger partial charge on any atom is 0.326 e. The highest BCUT2D eigenvalue weighted by Gasteiger charge is 2.19. The smallest absolute Gasteiger partial charge is 0.326 e. The van der Waals surface area contributed by atoms with E-state index in [0.717, 1.165) is 5.69 Å². The summed E-state index contributed by atoms with van der Waals surface area (Å²) in [5, 5.41) is 11.6. The van der Waals surface area contributed by atoms with Gasteiger partial charge in [-0.15, -0.1) is 0 Å². The summed E-state index contributed by atoms with van der Waals surface area (Å²) in [7, 11) is 1.56. The minimum Gasteiger partial charge on any atom is -0.480 e. The molecule has 0 saturated carbocycles. The molecule has 1 amide bonds. The molecule has 2 N–H and O–H groups in total. The number of carbonyl (C=O) groups is 2. The van der Waals surface area contributed by atoms with Crippen molar-refractivity contribution in [1.82, 2.24) is 10.3 Å². The molecule has 6 heteroatoms. The number of methoxy groups -OCH3 is 1. The first-order valence-corrected chi connectivity index (χ1v) is 6.54. The summed E-state index contributed by atoms with van der Waals surface area (Å²) < 4.78 is 4.87. The van der Waals surface area contributed by atoms with E-state index in [1.54, 1.807) is 19.4 Å². The number of aliphatic carboxylic acids is 1. The van der Waals surface area contributed by atoms with Crippen LogP contribution >= 0.6 is 0 Å². The van der Waals surface area contributed by atoms with Crippen LogP contribution in [0.1, 0.15) is 25.0 Å². The Morgan fingerprint density at radius 3 is 2.85 bits per heavy atom. The number of pyridine rings is 1. The van der Waals surface area contributed by atoms with Gasteiger partial charge in [-0.2, -0.15) is 0 Å². The van der Waals surface area contributed by atoms with Crippen LogP contribution in [0.3, 0.4) is 0 Å². The third-order valence-electron chi connectivity index (χ3n) is 2.81. The number of amides is 1. The second kappa shape index (κ2) is 9.03. The number of nitrogens with one attached hydrogen (secondary N) is 1. The lowest BCUT2D eigenvalue weighted by molar-refractivity contribution is -0.142. The zero-order valence-corrected chi connectivity index (χ0v) is 11.5. The summed E-state index contributed by atoms with van der Waals surface area (Å²) in [6.07, 6.45) is 3.34. The number of aryl methyl sites for hydroxylation is 1. The van der Waals surface area contributed by atoms with E-state index in [-0.39, 0.29) is 12.3 Å². The molecule has 0 fully saturated rings. The van der Waals surface area contributed by atoms with Gasteiger partial charge < -0.3 is 15.2 Å². The van der Waals surface area contributed by atoms with E-state index in [2.05, 4.69) is 10.3 Å². The van der Waals surface area contributed by atoms with Crippen molar-refractivity contribution in [2.45, 2.75) is 31.7 Å². The number of hydrogen-bond acceptors (Lipinski definition) is 4. The molecule has 1 aromatic heterocycles. The molecule has 0 aliphatic rings. The van der Waals surface area contributed by atoms with E-state index >= 15 is 0 Å². The molecule has 0 aromatic carbocycles. The molecule has 0 aliphatic heterocycles. The fourth-order valence-corrected chi connectivity index (χ4v) is 1.74. The van der Waals surface area contributed by atoms with Gasteiger partial charge in [-0.05, 0) is 31.4 Å². The van der Waals surface area contributed by atoms with Gasteiger partial charge in [0.1, 0.15) is 6.04 Å². The Kier molecular flexibility index (Phi) is 7.27. The third-order valence-corrected chi connectivity index (χ3v) is 2.81. The summed E-state index contributed by atoms with van der Waals surface area (Å²) >= 11 is 0. The highest BCUT2D eigenvalue weighted by atomic mass is 16.5. The topological polar surface area (TPSA) is 88.5 Å². The standard InChI is InChI=1S/C14H20N2O4/c1-20-10-4-6-12(14(18)19)16-13(17)8-7-11-5-2-3-9-15-11/h2-3,5,9,12H,4,6-8,10H2,1H3,(H,16,17)(H,18,19). The van der Waals surface area contributed by atoms with Crippen molar-refractivity contribution in [1.29, 1.82) is 0 Å². The van der Waals surface area contributed by atoms with Crippen LogP contribution in [0.25, 0.3) is 0 Å². The molecule has 6 nitrogen and oxygen atoms in total. The van der Waals surface area contributed by atoms with Crippen molar-refractivity contribution in [3.05, 3.63) is 30.1 Å². The molecule has 1 heterocycles. The summed E-state index contributed by atoms with van der Waals surface area (Å²) in [6, 6.07) is 4.63. The van der Waals surface area contributed by atoms with E-state index in [1.807, 2.05) is 12.1 Å². The Hall–Kier alpha value is -1.95. The van der Waals surface area contributed by atoms with E-state index < -0.39 is 12.0 Å². The fraction of sp³-hybridized carbons (Fsp3) is 0.500. The highest BCUT2D eigenvalue weighted by molar-refractivity contribution is 5.83. The van der Waals surface area contributed by atoms with E-state index in [9.17, 15) is 9.59 Å². The summed E-state index contributed by atoms with van der Waals surface area (Å²) in [5.41, 5.74) is 0.814. The molecular formula is C14H20N2O4. The van der Waals surface area contributed by atoms with Crippen molar-refractivity contribution in [3.63, 3.8) is 0 Å². The Morgan fingerprint density at radius 1 is 1.45 bits per heavy atom. The van der Waals surface area contributed by atoms with Crippen molar-refractivity contribution >= 4 is 11.9 Å². The van der Waals surface area contributed by atoms with Crippen LogP contribution in [0.4, 0.5) is 0 Å². The van der Waals surface area contributed by atoms with Crippen molar-refractivity contribution in [2.24, 2.45) is 0 Å². The van der Waals surface area contributed by atoms with Gasteiger partial charge in [-0.1, -0.05) is 6.07 Å². The summed E-state index contributed by atoms with van der Waals surface area (Å²) in [5.74, 6) is -1.30. The zero-order valence-electron chi connectivity index (χ0n) is 11.5. The summed E-state index contributed by atoms with van der Waals surface area (Å²) in [6.45, 7) is 0.480. The van der Waals surface area contributed by atoms with Gasteiger partial charge >= 0.3 is 5.97 Å². The molecule has 0 saturated heterocycles. The van der Waals surface area contributed by atoms with Crippen LogP contribution in [0.2, 0.25) is 0 Å². The van der Waals surface area contributed by atoms with Crippen LogP contribution in [0.5, 0.6) is 0 Å². The number of aromatic nitrogens is 1. The van der Waals surface area contributed by atoms with Crippen LogP contribution in [0.15, 0.2) is 24.4 Å². The fourth-order valence-electron chi connectivity index (χ4n) is 1.74. The molecule has 110 valence electrons. The van der Waals surface area contributed by atoms with Crippen molar-refractivity contribution < 1.29 is 19.4 Å². The number of nitrogens with zero attached hydrogens (tertiary/aromatic N) is 1. The molecule has 1 rings (SSSR count). The Morgan fingerprint density at radius 2 is 2.25 bits per heavy atom. The Labute approximate surface area is 118 Å². The lowest BCUT2D eigenvalue weighted by atomic mass is 10.1. The summed E-state index contributed by atoms with van der Waals surface area (Å²) in [4.78, 5) is 26.9. The van der Waals surface area contributed by atoms with Crippen LogP contribution in [-0.2, 0) is 20.7 Å². The van der Waals surface area contributed by atoms with Crippen LogP contribution in [0, 0.1) is 0 Å². The maximum atomic E-state index is 11.7. The molecule has 0 aliphatic carbocycles. The Balaban J connectivity index is 2.36. The number of ether oxygens (including phenoxy) is 1. The maximum absolute atomic E-state index is 11.7. The molecule has 0 radical (unpaired) electrons. The lowest BCUT2D eigenvalue weighted by Crippen LogP contribution is -2.41. The predicted octanol–water partition coefficient (Wildman–Crippen LogP) is 1.01. The molecule has 1 atom stereocenters. The van der Waals surface area contributed by atoms with Crippen LogP contribution < -0.4 is 5.32 Å². The van der Waals surface area contributed by atoms with Gasteiger partial charge in [0.05, 0.1) is 0 Å². The molecular weight excluding hydrogens is 260 g/mol. The van der Waals surface area contributed by atoms with Gasteiger partial charge in [0.15, 0.2) is 0 Å². The number of hydrogen-bond donors (Lipinski definition) is 2. The first-order valence-electron chi connectivity index (χ1n) is 6.54. The zero-order chi connectivity index (χ0) is 14.8.